The number of aromatic nitrogens is 2. The van der Waals surface area contributed by atoms with E-state index in [2.05, 4.69) is 22.1 Å². The average molecular weight is 785 g/mol. The number of H-pyrrole nitrogens is 1. The van der Waals surface area contributed by atoms with Gasteiger partial charge >= 0.3 is 0 Å². The Kier molecular flexibility index (Phi) is 13.8. The van der Waals surface area contributed by atoms with Crippen molar-refractivity contribution in [3.05, 3.63) is 173 Å². The lowest BCUT2D eigenvalue weighted by Crippen LogP contribution is -2.11. The minimum absolute atomic E-state index is 0.0491. The number of methoxy groups -OCH3 is 1. The molecule has 6 rings (SSSR count). The average Bonchev–Trinajstić information content (AvgIpc) is 3.16. The number of aromatic amines is 1. The Hall–Kier alpha value is -5.48. The third-order valence-corrected chi connectivity index (χ3v) is 8.77. The molecule has 53 heavy (non-hydrogen) atoms. The molecule has 8 nitrogen and oxygen atoms in total. The smallest absolute Gasteiger partial charge is 0.270 e. The van der Waals surface area contributed by atoms with Gasteiger partial charge < -0.3 is 19.2 Å². The highest BCUT2D eigenvalue weighted by Gasteiger charge is 2.15. The highest BCUT2D eigenvalue weighted by atomic mass is 35.5. The van der Waals surface area contributed by atoms with E-state index in [4.69, 9.17) is 71.1 Å². The molecule has 266 valence electrons. The number of ether oxygens (including phenoxy) is 3. The van der Waals surface area contributed by atoms with Gasteiger partial charge in [0.2, 0.25) is 5.88 Å². The van der Waals surface area contributed by atoms with E-state index in [0.717, 1.165) is 18.5 Å². The van der Waals surface area contributed by atoms with Gasteiger partial charge in [0.25, 0.3) is 5.56 Å². The van der Waals surface area contributed by atoms with Gasteiger partial charge in [-0.25, -0.2) is 4.98 Å². The molecule has 4 aromatic carbocycles. The summed E-state index contributed by atoms with van der Waals surface area (Å²) in [7, 11) is 1.51. The van der Waals surface area contributed by atoms with Crippen molar-refractivity contribution in [2.45, 2.75) is 25.7 Å². The van der Waals surface area contributed by atoms with Crippen LogP contribution in [0.1, 0.15) is 33.6 Å². The quantitative estimate of drug-likeness (QED) is 0.139. The molecule has 0 fully saturated rings. The number of benzene rings is 4. The molecule has 0 unspecified atom stereocenters. The minimum Gasteiger partial charge on any atom is -0.480 e. The summed E-state index contributed by atoms with van der Waals surface area (Å²) >= 11 is 24.5. The van der Waals surface area contributed by atoms with Crippen molar-refractivity contribution in [1.82, 2.24) is 9.97 Å². The lowest BCUT2D eigenvalue weighted by molar-refractivity contribution is 0.390. The first-order valence-electron chi connectivity index (χ1n) is 16.1. The second kappa shape index (κ2) is 18.8. The Morgan fingerprint density at radius 1 is 0.642 bits per heavy atom. The summed E-state index contributed by atoms with van der Waals surface area (Å²) in [5, 5.41) is 19.1. The number of rotatable bonds is 11. The second-order valence-electron chi connectivity index (χ2n) is 11.5. The van der Waals surface area contributed by atoms with Gasteiger partial charge in [-0.3, -0.25) is 4.79 Å². The van der Waals surface area contributed by atoms with Gasteiger partial charge in [-0.15, -0.1) is 0 Å². The number of aryl methyl sites for hydroxylation is 4. The van der Waals surface area contributed by atoms with E-state index in [1.807, 2.05) is 60.7 Å². The molecule has 0 bridgehead atoms. The van der Waals surface area contributed by atoms with E-state index in [0.29, 0.717) is 62.8 Å². The number of pyridine rings is 2. The highest BCUT2D eigenvalue weighted by Crippen LogP contribution is 2.37. The van der Waals surface area contributed by atoms with Crippen LogP contribution in [-0.2, 0) is 25.7 Å². The minimum atomic E-state index is -0.422. The second-order valence-corrected chi connectivity index (χ2v) is 13.1. The molecule has 2 heterocycles. The summed E-state index contributed by atoms with van der Waals surface area (Å²) in [4.78, 5) is 19.3. The van der Waals surface area contributed by atoms with Crippen molar-refractivity contribution in [3.8, 4) is 41.0 Å². The Labute approximate surface area is 326 Å². The van der Waals surface area contributed by atoms with E-state index in [1.54, 1.807) is 36.4 Å². The van der Waals surface area contributed by atoms with Crippen LogP contribution in [0.2, 0.25) is 20.1 Å². The van der Waals surface area contributed by atoms with Crippen LogP contribution in [0.3, 0.4) is 0 Å². The molecule has 0 saturated heterocycles. The number of nitriles is 2. The first-order chi connectivity index (χ1) is 25.6. The van der Waals surface area contributed by atoms with Gasteiger partial charge in [0.1, 0.15) is 21.5 Å². The predicted octanol–water partition coefficient (Wildman–Crippen LogP) is 11.0. The van der Waals surface area contributed by atoms with Crippen LogP contribution in [0.4, 0.5) is 0 Å². The molecule has 0 aliphatic carbocycles. The van der Waals surface area contributed by atoms with Crippen molar-refractivity contribution in [2.75, 3.05) is 7.11 Å². The maximum Gasteiger partial charge on any atom is 0.270 e. The number of hydrogen-bond acceptors (Lipinski definition) is 7. The van der Waals surface area contributed by atoms with Gasteiger partial charge in [-0.1, -0.05) is 107 Å². The van der Waals surface area contributed by atoms with Gasteiger partial charge in [-0.05, 0) is 73.2 Å². The van der Waals surface area contributed by atoms with Gasteiger partial charge in [-0.2, -0.15) is 10.5 Å². The highest BCUT2D eigenvalue weighted by molar-refractivity contribution is 6.33. The van der Waals surface area contributed by atoms with Crippen molar-refractivity contribution in [1.29, 1.82) is 10.5 Å². The molecule has 0 atom stereocenters. The van der Waals surface area contributed by atoms with Crippen molar-refractivity contribution < 1.29 is 14.2 Å². The topological polar surface area (TPSA) is 121 Å². The number of hydrogen-bond donors (Lipinski definition) is 1. The van der Waals surface area contributed by atoms with Crippen LogP contribution in [0, 0.1) is 22.7 Å². The van der Waals surface area contributed by atoms with Crippen LogP contribution >= 0.6 is 46.4 Å². The monoisotopic (exact) mass is 782 g/mol. The molecule has 1 N–H and O–H groups in total. The first kappa shape index (κ1) is 38.7. The van der Waals surface area contributed by atoms with Gasteiger partial charge in [0.05, 0.1) is 30.4 Å². The molecule has 0 saturated carbocycles. The lowest BCUT2D eigenvalue weighted by atomic mass is 10.1. The van der Waals surface area contributed by atoms with Crippen molar-refractivity contribution in [2.24, 2.45) is 0 Å². The number of nitrogens with one attached hydrogen (secondary N) is 1. The summed E-state index contributed by atoms with van der Waals surface area (Å²) in [6, 6.07) is 37.0. The molecular weight excluding hydrogens is 754 g/mol. The Morgan fingerprint density at radius 2 is 1.15 bits per heavy atom. The molecule has 6 aromatic rings. The third-order valence-electron chi connectivity index (χ3n) is 7.63. The van der Waals surface area contributed by atoms with Crippen LogP contribution in [0.25, 0.3) is 0 Å². The molecule has 0 radical (unpaired) electrons. The molecular formula is C41H30Cl4N4O4. The fourth-order valence-corrected chi connectivity index (χ4v) is 5.92. The van der Waals surface area contributed by atoms with E-state index < -0.39 is 5.56 Å². The summed E-state index contributed by atoms with van der Waals surface area (Å²) in [6.07, 6.45) is 2.93. The SMILES string of the molecule is COc1nc(CCc2ccccc2)cc(Oc2cc(Cl)cc(C#N)c2)c1Cl.N#Cc1cc(Cl)cc(Oc2cc(CCc3ccccc3)[nH]c(=O)c2Cl)c1. The van der Waals surface area contributed by atoms with Gasteiger partial charge in [0, 0.05) is 33.6 Å². The maximum absolute atomic E-state index is 12.1. The molecule has 0 amide bonds. The lowest BCUT2D eigenvalue weighted by Gasteiger charge is -2.13. The zero-order chi connectivity index (χ0) is 37.7. The largest absolute Gasteiger partial charge is 0.480 e. The molecule has 2 aromatic heterocycles. The molecule has 0 spiro atoms. The zero-order valence-corrected chi connectivity index (χ0v) is 31.2. The summed E-state index contributed by atoms with van der Waals surface area (Å²) in [5.41, 5.74) is 4.22. The van der Waals surface area contributed by atoms with Crippen LogP contribution in [0.15, 0.2) is 114 Å². The normalized spacial score (nSPS) is 10.3. The van der Waals surface area contributed by atoms with Crippen LogP contribution in [0.5, 0.6) is 28.9 Å². The van der Waals surface area contributed by atoms with E-state index >= 15 is 0 Å². The van der Waals surface area contributed by atoms with Crippen LogP contribution in [-0.4, -0.2) is 17.1 Å². The zero-order valence-electron chi connectivity index (χ0n) is 28.2. The number of nitrogens with zero attached hydrogens (tertiary/aromatic N) is 3. The molecule has 12 heteroatoms. The van der Waals surface area contributed by atoms with E-state index in [1.165, 1.54) is 30.4 Å². The summed E-state index contributed by atoms with van der Waals surface area (Å²) in [5.74, 6) is 1.68. The fraction of sp³-hybridized carbons (Fsp3) is 0.122. The van der Waals surface area contributed by atoms with Crippen LogP contribution < -0.4 is 19.8 Å². The summed E-state index contributed by atoms with van der Waals surface area (Å²) in [6.45, 7) is 0. The third kappa shape index (κ3) is 11.3. The van der Waals surface area contributed by atoms with E-state index in [-0.39, 0.29) is 15.8 Å². The Morgan fingerprint density at radius 3 is 1.66 bits per heavy atom. The fourth-order valence-electron chi connectivity index (χ4n) is 5.12. The van der Waals surface area contributed by atoms with E-state index in [9.17, 15) is 4.79 Å². The summed E-state index contributed by atoms with van der Waals surface area (Å²) < 4.78 is 16.9. The molecule has 0 aliphatic rings. The Bertz CT molecular complexity index is 2340. The first-order valence-corrected chi connectivity index (χ1v) is 17.6. The Balaban J connectivity index is 0.000000204. The predicted molar refractivity (Wildman–Crippen MR) is 208 cm³/mol. The molecule has 0 aliphatic heterocycles. The maximum atomic E-state index is 12.1. The van der Waals surface area contributed by atoms with Crippen molar-refractivity contribution in [3.63, 3.8) is 0 Å². The standard InChI is InChI=1S/C21H16Cl2N2O2.C20H14Cl2N2O2/c1-26-21-20(23)19(27-18-10-15(13-24)9-16(22)11-18)12-17(25-21)8-7-14-5-3-2-4-6-14;21-15-8-14(12-23)9-17(10-15)26-18-11-16(24-20(25)19(18)22)7-6-13-4-2-1-3-5-13/h2-6,9-12H,7-8H2,1H3;1-5,8-11H,6-7H2,(H,24,25). The number of halogens is 4. The van der Waals surface area contributed by atoms with Crippen molar-refractivity contribution >= 4 is 46.4 Å². The van der Waals surface area contributed by atoms with Gasteiger partial charge in [0.15, 0.2) is 11.5 Å².